The molecule has 6 heterocycles. The van der Waals surface area contributed by atoms with Crippen LogP contribution in [0.25, 0.3) is 5.65 Å². The molecule has 7 rings (SSSR count). The summed E-state index contributed by atoms with van der Waals surface area (Å²) in [6.07, 6.45) is 10.1. The Morgan fingerprint density at radius 3 is 2.59 bits per heavy atom. The highest BCUT2D eigenvalue weighted by Crippen LogP contribution is 2.34. The number of likely N-dealkylation sites (tertiary alicyclic amines) is 1. The number of aliphatic hydroxyl groups excluding tert-OH is 1. The van der Waals surface area contributed by atoms with Crippen molar-refractivity contribution in [1.29, 1.82) is 0 Å². The molecule has 41 heavy (non-hydrogen) atoms. The van der Waals surface area contributed by atoms with Gasteiger partial charge in [0.2, 0.25) is 0 Å². The molecule has 3 aromatic rings. The van der Waals surface area contributed by atoms with E-state index in [-0.39, 0.29) is 35.5 Å². The largest absolute Gasteiger partial charge is 0.393 e. The number of nitrogens with zero attached hydrogens (tertiary/aromatic N) is 7. The van der Waals surface area contributed by atoms with Gasteiger partial charge in [-0.2, -0.15) is 10.2 Å². The Hall–Kier alpha value is -3.16. The van der Waals surface area contributed by atoms with Gasteiger partial charge in [0.05, 0.1) is 42.8 Å². The maximum atomic E-state index is 13.7. The van der Waals surface area contributed by atoms with E-state index in [0.717, 1.165) is 76.8 Å². The highest BCUT2D eigenvalue weighted by molar-refractivity contribution is 6.08. The molecule has 1 unspecified atom stereocenters. The van der Waals surface area contributed by atoms with Crippen LogP contribution in [-0.2, 0) is 4.74 Å². The number of anilines is 2. The van der Waals surface area contributed by atoms with Gasteiger partial charge in [-0.05, 0) is 45.2 Å². The molecular formula is C28H38F2N8O3. The van der Waals surface area contributed by atoms with Crippen LogP contribution in [0.3, 0.4) is 0 Å². The van der Waals surface area contributed by atoms with Gasteiger partial charge in [-0.1, -0.05) is 19.3 Å². The van der Waals surface area contributed by atoms with Gasteiger partial charge < -0.3 is 25.0 Å². The van der Waals surface area contributed by atoms with Crippen molar-refractivity contribution in [2.24, 2.45) is 0 Å². The van der Waals surface area contributed by atoms with Crippen molar-refractivity contribution in [3.8, 4) is 0 Å². The van der Waals surface area contributed by atoms with Crippen molar-refractivity contribution in [2.45, 2.75) is 82.1 Å². The zero-order valence-electron chi connectivity index (χ0n) is 23.3. The Morgan fingerprint density at radius 2 is 1.93 bits per heavy atom. The quantitative estimate of drug-likeness (QED) is 0.476. The fraction of sp³-hybridized carbons (Fsp3) is 0.643. The lowest BCUT2D eigenvalue weighted by atomic mass is 9.96. The Kier molecular flexibility index (Phi) is 8.18. The van der Waals surface area contributed by atoms with Crippen LogP contribution in [0.2, 0.25) is 0 Å². The molecule has 13 heteroatoms. The first-order valence-corrected chi connectivity index (χ1v) is 14.6. The maximum Gasteiger partial charge on any atom is 0.284 e. The second-order valence-corrected chi connectivity index (χ2v) is 11.6. The number of amides is 1. The summed E-state index contributed by atoms with van der Waals surface area (Å²) in [5.41, 5.74) is 0.229. The van der Waals surface area contributed by atoms with Crippen LogP contribution in [0.15, 0.2) is 24.7 Å². The van der Waals surface area contributed by atoms with Crippen molar-refractivity contribution in [1.82, 2.24) is 29.3 Å². The fourth-order valence-corrected chi connectivity index (χ4v) is 6.24. The molecule has 1 amide bonds. The summed E-state index contributed by atoms with van der Waals surface area (Å²) >= 11 is 0. The number of aliphatic hydroxyl groups is 1. The molecule has 0 radical (unpaired) electrons. The molecule has 11 nitrogen and oxygen atoms in total. The first-order valence-electron chi connectivity index (χ1n) is 14.6. The summed E-state index contributed by atoms with van der Waals surface area (Å²) in [4.78, 5) is 22.2. The fourth-order valence-electron chi connectivity index (χ4n) is 6.24. The van der Waals surface area contributed by atoms with Crippen molar-refractivity contribution >= 4 is 23.1 Å². The summed E-state index contributed by atoms with van der Waals surface area (Å²) in [6, 6.07) is 2.23. The maximum absolute atomic E-state index is 13.7. The Labute approximate surface area is 237 Å². The lowest BCUT2D eigenvalue weighted by molar-refractivity contribution is 0.0942. The number of alkyl halides is 2. The zero-order chi connectivity index (χ0) is 28.5. The summed E-state index contributed by atoms with van der Waals surface area (Å²) in [7, 11) is 2.09. The average molecular weight is 573 g/mol. The number of rotatable bonds is 5. The number of carbonyl (C=O) groups is 1. The van der Waals surface area contributed by atoms with Crippen LogP contribution >= 0.6 is 0 Å². The van der Waals surface area contributed by atoms with Crippen molar-refractivity contribution < 1.29 is 23.4 Å². The second-order valence-electron chi connectivity index (χ2n) is 11.6. The number of halogens is 2. The van der Waals surface area contributed by atoms with Crippen molar-refractivity contribution in [3.63, 3.8) is 0 Å². The van der Waals surface area contributed by atoms with Crippen LogP contribution in [0.4, 0.5) is 20.3 Å². The van der Waals surface area contributed by atoms with Crippen LogP contribution in [0.5, 0.6) is 0 Å². The van der Waals surface area contributed by atoms with E-state index in [1.165, 1.54) is 16.9 Å². The predicted octanol–water partition coefficient (Wildman–Crippen LogP) is 3.67. The standard InChI is InChI=1S/C22H25F2N7O2.C6H13NO/c23-20(24)19-17(11-31(28-19)13-4-2-1-3-5-13)26-22(32)16-9-25-30-7-6-18(27-21(16)30)29-10-15-8-14(29)12-33-15;1-7-4-2-6(8)3-5-7/h6-7,9,11,13-15,20H,1-5,8,10,12H2,(H,26,32);6,8H,2-5H2,1H3/t14?,15-;/m1./s1. The van der Waals surface area contributed by atoms with Crippen LogP contribution < -0.4 is 10.2 Å². The van der Waals surface area contributed by atoms with E-state index in [9.17, 15) is 13.6 Å². The molecule has 0 aromatic carbocycles. The number of morpholine rings is 1. The van der Waals surface area contributed by atoms with E-state index in [4.69, 9.17) is 9.84 Å². The molecule has 2 atom stereocenters. The third-order valence-electron chi connectivity index (χ3n) is 8.65. The third kappa shape index (κ3) is 6.07. The van der Waals surface area contributed by atoms with E-state index < -0.39 is 18.0 Å². The van der Waals surface area contributed by atoms with Gasteiger partial charge in [0.15, 0.2) is 11.3 Å². The SMILES string of the molecule is CN1CCC(O)CC1.O=C(Nc1cn(C2CCCCC2)nc1C(F)F)c1cnn2ccc(N3C[C@H]4CC3CO4)nc12. The third-order valence-corrected chi connectivity index (χ3v) is 8.65. The van der Waals surface area contributed by atoms with Crippen LogP contribution in [0, 0.1) is 0 Å². The molecule has 1 aliphatic carbocycles. The molecule has 2 N–H and O–H groups in total. The van der Waals surface area contributed by atoms with Crippen molar-refractivity contribution in [3.05, 3.63) is 35.9 Å². The summed E-state index contributed by atoms with van der Waals surface area (Å²) in [6.45, 7) is 3.55. The molecule has 222 valence electrons. The number of piperidine rings is 1. The minimum absolute atomic E-state index is 0.0220. The number of aromatic nitrogens is 5. The topological polar surface area (TPSA) is 113 Å². The lowest BCUT2D eigenvalue weighted by Gasteiger charge is -2.27. The summed E-state index contributed by atoms with van der Waals surface area (Å²) in [5, 5.41) is 20.0. The van der Waals surface area contributed by atoms with Gasteiger partial charge in [0.25, 0.3) is 12.3 Å². The zero-order valence-corrected chi connectivity index (χ0v) is 23.3. The smallest absolute Gasteiger partial charge is 0.284 e. The normalized spacial score (nSPS) is 23.8. The van der Waals surface area contributed by atoms with Gasteiger partial charge in [0, 0.05) is 32.0 Å². The molecule has 3 aliphatic heterocycles. The first kappa shape index (κ1) is 28.0. The van der Waals surface area contributed by atoms with E-state index in [0.29, 0.717) is 12.3 Å². The molecule has 4 aliphatic rings. The van der Waals surface area contributed by atoms with E-state index in [1.807, 2.05) is 6.07 Å². The number of nitrogens with one attached hydrogen (secondary N) is 1. The van der Waals surface area contributed by atoms with Gasteiger partial charge in [0.1, 0.15) is 11.4 Å². The van der Waals surface area contributed by atoms with E-state index >= 15 is 0 Å². The van der Waals surface area contributed by atoms with E-state index in [2.05, 4.69) is 37.3 Å². The number of hydrogen-bond donors (Lipinski definition) is 2. The molecule has 1 saturated carbocycles. The Balaban J connectivity index is 0.000000328. The molecule has 4 fully saturated rings. The van der Waals surface area contributed by atoms with Gasteiger partial charge in [-0.3, -0.25) is 9.48 Å². The minimum Gasteiger partial charge on any atom is -0.393 e. The number of hydrogen-bond acceptors (Lipinski definition) is 8. The number of ether oxygens (including phenoxy) is 1. The summed E-state index contributed by atoms with van der Waals surface area (Å²) in [5.74, 6) is 0.220. The Morgan fingerprint density at radius 1 is 1.15 bits per heavy atom. The van der Waals surface area contributed by atoms with E-state index in [1.54, 1.807) is 10.9 Å². The van der Waals surface area contributed by atoms with Gasteiger partial charge in [-0.15, -0.1) is 0 Å². The monoisotopic (exact) mass is 572 g/mol. The average Bonchev–Trinajstić information content (AvgIpc) is 3.78. The van der Waals surface area contributed by atoms with Crippen LogP contribution in [0.1, 0.15) is 79.9 Å². The lowest BCUT2D eigenvalue weighted by Crippen LogP contribution is -2.37. The predicted molar refractivity (Wildman–Crippen MR) is 148 cm³/mol. The second kappa shape index (κ2) is 12.0. The van der Waals surface area contributed by atoms with Crippen LogP contribution in [-0.4, -0.2) is 91.8 Å². The minimum atomic E-state index is -2.79. The Bertz CT molecular complexity index is 1340. The molecule has 3 aromatic heterocycles. The summed E-state index contributed by atoms with van der Waals surface area (Å²) < 4.78 is 36.1. The molecule has 2 bridgehead atoms. The van der Waals surface area contributed by atoms with Gasteiger partial charge >= 0.3 is 0 Å². The molecule has 0 spiro atoms. The van der Waals surface area contributed by atoms with Gasteiger partial charge in [-0.25, -0.2) is 18.3 Å². The number of carbonyl (C=O) groups excluding carboxylic acids is 1. The first-order chi connectivity index (χ1) is 19.9. The molecular weight excluding hydrogens is 534 g/mol. The number of fused-ring (bicyclic) bond motifs is 3. The highest BCUT2D eigenvalue weighted by Gasteiger charge is 2.39. The molecule has 3 saturated heterocycles. The van der Waals surface area contributed by atoms with Crippen molar-refractivity contribution in [2.75, 3.05) is 43.5 Å². The highest BCUT2D eigenvalue weighted by atomic mass is 19.3.